The van der Waals surface area contributed by atoms with E-state index in [9.17, 15) is 9.59 Å². The Morgan fingerprint density at radius 3 is 2.25 bits per heavy atom. The summed E-state index contributed by atoms with van der Waals surface area (Å²) in [4.78, 5) is 30.5. The second-order valence-electron chi connectivity index (χ2n) is 6.57. The number of carbonyl (C=O) groups excluding carboxylic acids is 2. The SMILES string of the molecule is CCN(C)C(C(=O)N1CCC(N(C)C(C)=O)CC1)c1ccccc1. The predicted octanol–water partition coefficient (Wildman–Crippen LogP) is 2.15. The van der Waals surface area contributed by atoms with Crippen LogP contribution in [0.25, 0.3) is 0 Å². The van der Waals surface area contributed by atoms with E-state index in [4.69, 9.17) is 0 Å². The van der Waals surface area contributed by atoms with E-state index in [1.165, 1.54) is 0 Å². The van der Waals surface area contributed by atoms with Gasteiger partial charge in [0.25, 0.3) is 0 Å². The van der Waals surface area contributed by atoms with Gasteiger partial charge in [0, 0.05) is 33.1 Å². The summed E-state index contributed by atoms with van der Waals surface area (Å²) in [5.41, 5.74) is 1.04. The second kappa shape index (κ2) is 8.29. The molecule has 1 atom stereocenters. The van der Waals surface area contributed by atoms with Gasteiger partial charge in [-0.25, -0.2) is 0 Å². The Balaban J connectivity index is 2.07. The van der Waals surface area contributed by atoms with Crippen molar-refractivity contribution in [3.05, 3.63) is 35.9 Å². The van der Waals surface area contributed by atoms with E-state index in [0.29, 0.717) is 13.1 Å². The van der Waals surface area contributed by atoms with Crippen molar-refractivity contribution in [1.82, 2.24) is 14.7 Å². The summed E-state index contributed by atoms with van der Waals surface area (Å²) in [6, 6.07) is 9.97. The quantitative estimate of drug-likeness (QED) is 0.830. The van der Waals surface area contributed by atoms with Crippen molar-refractivity contribution in [2.75, 3.05) is 33.7 Å². The fraction of sp³-hybridized carbons (Fsp3) is 0.579. The maximum atomic E-state index is 13.1. The largest absolute Gasteiger partial charge is 0.343 e. The van der Waals surface area contributed by atoms with E-state index < -0.39 is 0 Å². The number of benzene rings is 1. The van der Waals surface area contributed by atoms with E-state index in [-0.39, 0.29) is 23.9 Å². The smallest absolute Gasteiger partial charge is 0.244 e. The summed E-state index contributed by atoms with van der Waals surface area (Å²) in [6.45, 7) is 5.90. The summed E-state index contributed by atoms with van der Waals surface area (Å²) in [7, 11) is 3.84. The zero-order chi connectivity index (χ0) is 17.7. The lowest BCUT2D eigenvalue weighted by Gasteiger charge is -2.39. The first kappa shape index (κ1) is 18.5. The van der Waals surface area contributed by atoms with Crippen LogP contribution in [0, 0.1) is 0 Å². The number of rotatable bonds is 5. The summed E-state index contributed by atoms with van der Waals surface area (Å²) >= 11 is 0. The topological polar surface area (TPSA) is 43.9 Å². The molecule has 0 N–H and O–H groups in total. The third-order valence-electron chi connectivity index (χ3n) is 5.11. The normalized spacial score (nSPS) is 17.0. The third-order valence-corrected chi connectivity index (χ3v) is 5.11. The maximum Gasteiger partial charge on any atom is 0.244 e. The van der Waals surface area contributed by atoms with Gasteiger partial charge in [-0.3, -0.25) is 14.5 Å². The molecule has 2 rings (SSSR count). The van der Waals surface area contributed by atoms with Crippen LogP contribution in [0.5, 0.6) is 0 Å². The number of likely N-dealkylation sites (N-methyl/N-ethyl adjacent to an activating group) is 1. The number of hydrogen-bond donors (Lipinski definition) is 0. The second-order valence-corrected chi connectivity index (χ2v) is 6.57. The summed E-state index contributed by atoms with van der Waals surface area (Å²) in [6.07, 6.45) is 1.69. The third kappa shape index (κ3) is 4.15. The number of piperidine rings is 1. The molecule has 1 saturated heterocycles. The van der Waals surface area contributed by atoms with Gasteiger partial charge in [0.05, 0.1) is 0 Å². The minimum atomic E-state index is -0.238. The number of amides is 2. The molecular weight excluding hydrogens is 302 g/mol. The van der Waals surface area contributed by atoms with Crippen molar-refractivity contribution >= 4 is 11.8 Å². The molecule has 24 heavy (non-hydrogen) atoms. The Labute approximate surface area is 145 Å². The monoisotopic (exact) mass is 331 g/mol. The zero-order valence-corrected chi connectivity index (χ0v) is 15.2. The van der Waals surface area contributed by atoms with Crippen molar-refractivity contribution in [2.24, 2.45) is 0 Å². The molecule has 5 heteroatoms. The van der Waals surface area contributed by atoms with Crippen LogP contribution in [0.2, 0.25) is 0 Å². The fourth-order valence-electron chi connectivity index (χ4n) is 3.31. The van der Waals surface area contributed by atoms with Gasteiger partial charge >= 0.3 is 0 Å². The molecule has 132 valence electrons. The van der Waals surface area contributed by atoms with E-state index in [1.807, 2.05) is 49.3 Å². The first-order valence-corrected chi connectivity index (χ1v) is 8.73. The molecule has 1 fully saturated rings. The highest BCUT2D eigenvalue weighted by molar-refractivity contribution is 5.83. The van der Waals surface area contributed by atoms with Gasteiger partial charge in [-0.2, -0.15) is 0 Å². The van der Waals surface area contributed by atoms with Gasteiger partial charge in [0.1, 0.15) is 6.04 Å². The van der Waals surface area contributed by atoms with Crippen LogP contribution >= 0.6 is 0 Å². The molecule has 1 aliphatic rings. The van der Waals surface area contributed by atoms with E-state index in [1.54, 1.807) is 11.8 Å². The van der Waals surface area contributed by atoms with Crippen molar-refractivity contribution in [1.29, 1.82) is 0 Å². The van der Waals surface area contributed by atoms with Gasteiger partial charge in [-0.05, 0) is 32.0 Å². The minimum Gasteiger partial charge on any atom is -0.343 e. The molecule has 1 unspecified atom stereocenters. The first-order valence-electron chi connectivity index (χ1n) is 8.73. The van der Waals surface area contributed by atoms with Crippen LogP contribution in [-0.4, -0.2) is 66.3 Å². The number of carbonyl (C=O) groups is 2. The molecule has 0 bridgehead atoms. The standard InChI is InChI=1S/C19H29N3O2/c1-5-20(3)18(16-9-7-6-8-10-16)19(24)22-13-11-17(12-14-22)21(4)15(2)23/h6-10,17-18H,5,11-14H2,1-4H3. The molecule has 1 aromatic rings. The summed E-state index contributed by atoms with van der Waals surface area (Å²) < 4.78 is 0. The summed E-state index contributed by atoms with van der Waals surface area (Å²) in [5.74, 6) is 0.252. The number of hydrogen-bond acceptors (Lipinski definition) is 3. The number of likely N-dealkylation sites (tertiary alicyclic amines) is 1. The molecule has 0 saturated carbocycles. The minimum absolute atomic E-state index is 0.0904. The Kier molecular flexibility index (Phi) is 6.37. The van der Waals surface area contributed by atoms with Crippen LogP contribution in [0.1, 0.15) is 38.3 Å². The molecule has 0 aliphatic carbocycles. The maximum absolute atomic E-state index is 13.1. The lowest BCUT2D eigenvalue weighted by molar-refractivity contribution is -0.139. The van der Waals surface area contributed by atoms with E-state index in [2.05, 4.69) is 11.8 Å². The van der Waals surface area contributed by atoms with Crippen LogP contribution in [0.15, 0.2) is 30.3 Å². The average molecular weight is 331 g/mol. The number of nitrogens with zero attached hydrogens (tertiary/aromatic N) is 3. The predicted molar refractivity (Wildman–Crippen MR) is 95.5 cm³/mol. The van der Waals surface area contributed by atoms with Gasteiger partial charge < -0.3 is 9.80 Å². The van der Waals surface area contributed by atoms with Gasteiger partial charge in [-0.15, -0.1) is 0 Å². The Morgan fingerprint density at radius 1 is 1.17 bits per heavy atom. The highest BCUT2D eigenvalue weighted by Crippen LogP contribution is 2.24. The lowest BCUT2D eigenvalue weighted by Crippen LogP contribution is -2.49. The average Bonchev–Trinajstić information content (AvgIpc) is 2.62. The van der Waals surface area contributed by atoms with Crippen LogP contribution in [-0.2, 0) is 9.59 Å². The molecule has 1 aliphatic heterocycles. The molecular formula is C19H29N3O2. The van der Waals surface area contributed by atoms with Crippen molar-refractivity contribution < 1.29 is 9.59 Å². The van der Waals surface area contributed by atoms with Gasteiger partial charge in [-0.1, -0.05) is 37.3 Å². The molecule has 1 aromatic carbocycles. The molecule has 0 radical (unpaired) electrons. The molecule has 0 aromatic heterocycles. The Bertz CT molecular complexity index is 553. The Morgan fingerprint density at radius 2 is 1.75 bits per heavy atom. The molecule has 5 nitrogen and oxygen atoms in total. The lowest BCUT2D eigenvalue weighted by atomic mass is 9.99. The molecule has 1 heterocycles. The summed E-state index contributed by atoms with van der Waals surface area (Å²) in [5, 5.41) is 0. The van der Waals surface area contributed by atoms with Crippen LogP contribution in [0.3, 0.4) is 0 Å². The van der Waals surface area contributed by atoms with E-state index in [0.717, 1.165) is 24.9 Å². The van der Waals surface area contributed by atoms with Gasteiger partial charge in [0.15, 0.2) is 0 Å². The van der Waals surface area contributed by atoms with Crippen LogP contribution < -0.4 is 0 Å². The van der Waals surface area contributed by atoms with Gasteiger partial charge in [0.2, 0.25) is 11.8 Å². The fourth-order valence-corrected chi connectivity index (χ4v) is 3.31. The molecule has 0 spiro atoms. The highest BCUT2D eigenvalue weighted by Gasteiger charge is 2.32. The first-order chi connectivity index (χ1) is 11.5. The molecule has 2 amide bonds. The Hall–Kier alpha value is -1.88. The van der Waals surface area contributed by atoms with Crippen LogP contribution in [0.4, 0.5) is 0 Å². The highest BCUT2D eigenvalue weighted by atomic mass is 16.2. The van der Waals surface area contributed by atoms with Crippen molar-refractivity contribution in [2.45, 2.75) is 38.8 Å². The van der Waals surface area contributed by atoms with Crippen molar-refractivity contribution in [3.8, 4) is 0 Å². The van der Waals surface area contributed by atoms with E-state index >= 15 is 0 Å². The van der Waals surface area contributed by atoms with Crippen molar-refractivity contribution in [3.63, 3.8) is 0 Å². The zero-order valence-electron chi connectivity index (χ0n) is 15.2.